The Morgan fingerprint density at radius 1 is 1.43 bits per heavy atom. The average Bonchev–Trinajstić information content (AvgIpc) is 2.99. The number of aliphatic imine (C=N–C) groups is 1. The number of nitrogens with zero attached hydrogens (tertiary/aromatic N) is 2. The first-order valence-corrected chi connectivity index (χ1v) is 9.10. The third-order valence-corrected chi connectivity index (χ3v) is 5.39. The molecule has 124 valence electrons. The van der Waals surface area contributed by atoms with E-state index in [9.17, 15) is 8.42 Å². The van der Waals surface area contributed by atoms with Crippen LogP contribution < -0.4 is 10.6 Å². The summed E-state index contributed by atoms with van der Waals surface area (Å²) in [5, 5.41) is 6.40. The highest BCUT2D eigenvalue weighted by Crippen LogP contribution is 2.10. The van der Waals surface area contributed by atoms with Crippen molar-refractivity contribution in [2.45, 2.75) is 32.3 Å². The maximum atomic E-state index is 11.6. The Hall–Kier alpha value is -0.860. The van der Waals surface area contributed by atoms with Gasteiger partial charge in [0.15, 0.2) is 5.96 Å². The van der Waals surface area contributed by atoms with Crippen LogP contribution in [-0.4, -0.2) is 70.9 Å². The van der Waals surface area contributed by atoms with Crippen LogP contribution in [0, 0.1) is 0 Å². The molecule has 1 heterocycles. The molecule has 1 unspecified atom stereocenters. The van der Waals surface area contributed by atoms with Gasteiger partial charge in [-0.2, -0.15) is 0 Å². The minimum atomic E-state index is -3.08. The molecule has 1 saturated heterocycles. The zero-order valence-corrected chi connectivity index (χ0v) is 14.1. The van der Waals surface area contributed by atoms with Crippen molar-refractivity contribution in [2.75, 3.05) is 46.1 Å². The van der Waals surface area contributed by atoms with Gasteiger partial charge in [0.2, 0.25) is 10.0 Å². The molecule has 1 fully saturated rings. The minimum Gasteiger partial charge on any atom is -0.376 e. The second-order valence-corrected chi connectivity index (χ2v) is 7.46. The van der Waals surface area contributed by atoms with E-state index < -0.39 is 10.0 Å². The quantitative estimate of drug-likeness (QED) is 0.374. The first-order valence-electron chi connectivity index (χ1n) is 7.49. The molecule has 0 aliphatic carbocycles. The van der Waals surface area contributed by atoms with Crippen LogP contribution in [0.3, 0.4) is 0 Å². The lowest BCUT2D eigenvalue weighted by molar-refractivity contribution is 0.114. The largest absolute Gasteiger partial charge is 0.376 e. The zero-order valence-electron chi connectivity index (χ0n) is 13.3. The molecule has 7 nitrogen and oxygen atoms in total. The van der Waals surface area contributed by atoms with Crippen LogP contribution in [0.1, 0.15) is 26.2 Å². The number of sulfonamides is 1. The molecule has 0 spiro atoms. The predicted molar refractivity (Wildman–Crippen MR) is 85.0 cm³/mol. The maximum absolute atomic E-state index is 11.6. The Bertz CT molecular complexity index is 419. The molecular formula is C13H28N4O3S. The van der Waals surface area contributed by atoms with Crippen LogP contribution in [0.15, 0.2) is 4.99 Å². The van der Waals surface area contributed by atoms with E-state index in [1.165, 1.54) is 4.31 Å². The Labute approximate surface area is 128 Å². The lowest BCUT2D eigenvalue weighted by atomic mass is 10.2. The van der Waals surface area contributed by atoms with Gasteiger partial charge >= 0.3 is 0 Å². The summed E-state index contributed by atoms with van der Waals surface area (Å²) in [6.45, 7) is 4.43. The lowest BCUT2D eigenvalue weighted by Gasteiger charge is -2.17. The Balaban J connectivity index is 2.17. The summed E-state index contributed by atoms with van der Waals surface area (Å²) >= 11 is 0. The monoisotopic (exact) mass is 320 g/mol. The molecule has 1 aliphatic heterocycles. The second-order valence-electron chi connectivity index (χ2n) is 5.09. The van der Waals surface area contributed by atoms with Crippen molar-refractivity contribution in [2.24, 2.45) is 4.99 Å². The molecule has 1 atom stereocenters. The van der Waals surface area contributed by atoms with Gasteiger partial charge in [0, 0.05) is 40.3 Å². The first-order chi connectivity index (χ1) is 9.99. The summed E-state index contributed by atoms with van der Waals surface area (Å²) in [4.78, 5) is 4.14. The van der Waals surface area contributed by atoms with Crippen LogP contribution in [0.4, 0.5) is 0 Å². The van der Waals surface area contributed by atoms with E-state index in [0.717, 1.165) is 38.4 Å². The third kappa shape index (κ3) is 6.62. The molecule has 21 heavy (non-hydrogen) atoms. The van der Waals surface area contributed by atoms with Crippen molar-refractivity contribution >= 4 is 16.0 Å². The minimum absolute atomic E-state index is 0.140. The number of nitrogens with one attached hydrogen (secondary N) is 2. The molecule has 0 aromatic rings. The van der Waals surface area contributed by atoms with Gasteiger partial charge in [-0.15, -0.1) is 0 Å². The van der Waals surface area contributed by atoms with Crippen molar-refractivity contribution < 1.29 is 13.2 Å². The van der Waals surface area contributed by atoms with Gasteiger partial charge in [0.1, 0.15) is 0 Å². The Kier molecular flexibility index (Phi) is 7.98. The molecule has 0 saturated carbocycles. The average molecular weight is 320 g/mol. The van der Waals surface area contributed by atoms with Crippen LogP contribution in [0.5, 0.6) is 0 Å². The van der Waals surface area contributed by atoms with Gasteiger partial charge in [0.25, 0.3) is 0 Å². The molecule has 2 N–H and O–H groups in total. The van der Waals surface area contributed by atoms with Crippen LogP contribution in [0.25, 0.3) is 0 Å². The number of hydrogen-bond donors (Lipinski definition) is 2. The van der Waals surface area contributed by atoms with Crippen LogP contribution in [-0.2, 0) is 14.8 Å². The molecule has 1 rings (SSSR count). The van der Waals surface area contributed by atoms with Gasteiger partial charge < -0.3 is 15.4 Å². The molecule has 1 aliphatic rings. The SMILES string of the molecule is CCS(=O)(=O)N(C)CCCNC(=NC)NCC1CCCO1. The highest BCUT2D eigenvalue weighted by atomic mass is 32.2. The first kappa shape index (κ1) is 18.2. The molecular weight excluding hydrogens is 292 g/mol. The topological polar surface area (TPSA) is 83.0 Å². The van der Waals surface area contributed by atoms with Crippen molar-refractivity contribution in [1.29, 1.82) is 0 Å². The molecule has 8 heteroatoms. The Morgan fingerprint density at radius 3 is 2.76 bits per heavy atom. The fourth-order valence-corrected chi connectivity index (χ4v) is 2.95. The van der Waals surface area contributed by atoms with Crippen molar-refractivity contribution in [1.82, 2.24) is 14.9 Å². The van der Waals surface area contributed by atoms with Crippen molar-refractivity contribution in [3.63, 3.8) is 0 Å². The number of ether oxygens (including phenoxy) is 1. The third-order valence-electron chi connectivity index (χ3n) is 3.53. The standard InChI is InChI=1S/C13H28N4O3S/c1-4-21(18,19)17(3)9-6-8-15-13(14-2)16-11-12-7-5-10-20-12/h12H,4-11H2,1-3H3,(H2,14,15,16). The van der Waals surface area contributed by atoms with E-state index in [-0.39, 0.29) is 11.9 Å². The molecule has 0 radical (unpaired) electrons. The van der Waals surface area contributed by atoms with E-state index in [1.54, 1.807) is 21.0 Å². The highest BCUT2D eigenvalue weighted by Gasteiger charge is 2.16. The van der Waals surface area contributed by atoms with Crippen LogP contribution >= 0.6 is 0 Å². The summed E-state index contributed by atoms with van der Waals surface area (Å²) in [6, 6.07) is 0. The summed E-state index contributed by atoms with van der Waals surface area (Å²) in [5.41, 5.74) is 0. The molecule has 0 bridgehead atoms. The highest BCUT2D eigenvalue weighted by molar-refractivity contribution is 7.89. The summed E-state index contributed by atoms with van der Waals surface area (Å²) < 4.78 is 30.1. The zero-order chi connectivity index (χ0) is 15.7. The van der Waals surface area contributed by atoms with Gasteiger partial charge in [-0.3, -0.25) is 4.99 Å². The number of guanidine groups is 1. The molecule has 0 aromatic carbocycles. The van der Waals surface area contributed by atoms with E-state index >= 15 is 0 Å². The van der Waals surface area contributed by atoms with Gasteiger partial charge in [-0.25, -0.2) is 12.7 Å². The fourth-order valence-electron chi connectivity index (χ4n) is 2.10. The number of hydrogen-bond acceptors (Lipinski definition) is 4. The predicted octanol–water partition coefficient (Wildman–Crippen LogP) is 0.00200. The summed E-state index contributed by atoms with van der Waals surface area (Å²) in [7, 11) is 0.253. The van der Waals surface area contributed by atoms with E-state index in [0.29, 0.717) is 13.1 Å². The fraction of sp³-hybridized carbons (Fsp3) is 0.923. The van der Waals surface area contributed by atoms with E-state index in [4.69, 9.17) is 4.74 Å². The lowest BCUT2D eigenvalue weighted by Crippen LogP contribution is -2.42. The Morgan fingerprint density at radius 2 is 2.19 bits per heavy atom. The summed E-state index contributed by atoms with van der Waals surface area (Å²) in [6.07, 6.45) is 3.21. The van der Waals surface area contributed by atoms with Gasteiger partial charge in [0.05, 0.1) is 11.9 Å². The molecule has 0 amide bonds. The van der Waals surface area contributed by atoms with Gasteiger partial charge in [-0.1, -0.05) is 0 Å². The second kappa shape index (κ2) is 9.22. The maximum Gasteiger partial charge on any atom is 0.213 e. The summed E-state index contributed by atoms with van der Waals surface area (Å²) in [5.74, 6) is 0.869. The van der Waals surface area contributed by atoms with Crippen molar-refractivity contribution in [3.8, 4) is 0 Å². The van der Waals surface area contributed by atoms with Crippen LogP contribution in [0.2, 0.25) is 0 Å². The van der Waals surface area contributed by atoms with E-state index in [2.05, 4.69) is 15.6 Å². The molecule has 0 aromatic heterocycles. The van der Waals surface area contributed by atoms with E-state index in [1.807, 2.05) is 0 Å². The van der Waals surface area contributed by atoms with Gasteiger partial charge in [-0.05, 0) is 26.2 Å². The smallest absolute Gasteiger partial charge is 0.213 e. The number of rotatable bonds is 8. The van der Waals surface area contributed by atoms with Crippen molar-refractivity contribution in [3.05, 3.63) is 0 Å². The normalized spacial score (nSPS) is 20.0.